The zero-order chi connectivity index (χ0) is 24.1. The van der Waals surface area contributed by atoms with E-state index in [9.17, 15) is 9.59 Å². The number of carbonyl (C=O) groups is 2. The highest BCUT2D eigenvalue weighted by Crippen LogP contribution is 2.30. The molecule has 190 valence electrons. The average Bonchev–Trinajstić information content (AvgIpc) is 3.29. The highest BCUT2D eigenvalue weighted by molar-refractivity contribution is 6.42. The third-order valence-electron chi connectivity index (χ3n) is 6.86. The number of nitrogens with zero attached hydrogens (tertiary/aromatic N) is 3. The minimum atomic E-state index is -0.177. The van der Waals surface area contributed by atoms with Crippen LogP contribution in [0, 0.1) is 0 Å². The summed E-state index contributed by atoms with van der Waals surface area (Å²) in [5, 5.41) is 1.06. The summed E-state index contributed by atoms with van der Waals surface area (Å²) in [6.07, 6.45) is 2.63. The van der Waals surface area contributed by atoms with Crippen molar-refractivity contribution in [1.29, 1.82) is 0 Å². The van der Waals surface area contributed by atoms with E-state index >= 15 is 0 Å². The zero-order valence-electron chi connectivity index (χ0n) is 19.9. The van der Waals surface area contributed by atoms with Crippen molar-refractivity contribution >= 4 is 47.6 Å². The molecule has 2 amide bonds. The van der Waals surface area contributed by atoms with Gasteiger partial charge in [0.15, 0.2) is 0 Å². The number of likely N-dealkylation sites (N-methyl/N-ethyl adjacent to an activating group) is 1. The van der Waals surface area contributed by atoms with Crippen LogP contribution in [-0.4, -0.2) is 79.1 Å². The second kappa shape index (κ2) is 12.8. The number of hydrogen-bond acceptors (Lipinski definition) is 4. The van der Waals surface area contributed by atoms with E-state index in [1.54, 1.807) is 4.90 Å². The van der Waals surface area contributed by atoms with Crippen LogP contribution in [0.1, 0.15) is 41.1 Å². The molecule has 0 N–H and O–H groups in total. The lowest BCUT2D eigenvalue weighted by Gasteiger charge is -2.36. The molecule has 1 unspecified atom stereocenters. The van der Waals surface area contributed by atoms with Crippen LogP contribution in [0.3, 0.4) is 0 Å². The van der Waals surface area contributed by atoms with E-state index in [-0.39, 0.29) is 36.4 Å². The van der Waals surface area contributed by atoms with E-state index in [2.05, 4.69) is 4.90 Å². The van der Waals surface area contributed by atoms with Crippen molar-refractivity contribution in [3.63, 3.8) is 0 Å². The van der Waals surface area contributed by atoms with Crippen LogP contribution in [0.15, 0.2) is 48.5 Å². The van der Waals surface area contributed by atoms with E-state index in [1.807, 2.05) is 60.5 Å². The quantitative estimate of drug-likeness (QED) is 0.439. The molecule has 0 bridgehead atoms. The monoisotopic (exact) mass is 539 g/mol. The van der Waals surface area contributed by atoms with Gasteiger partial charge < -0.3 is 19.4 Å². The lowest BCUT2D eigenvalue weighted by molar-refractivity contribution is 0.0779. The second-order valence-electron chi connectivity index (χ2n) is 9.09. The number of cyclic esters (lactones) is 1. The molecule has 0 spiro atoms. The van der Waals surface area contributed by atoms with E-state index < -0.39 is 0 Å². The molecule has 2 aliphatic heterocycles. The van der Waals surface area contributed by atoms with E-state index in [1.165, 1.54) is 0 Å². The van der Waals surface area contributed by atoms with Crippen LogP contribution in [-0.2, 0) is 4.74 Å². The van der Waals surface area contributed by atoms with E-state index in [0.717, 1.165) is 44.5 Å². The van der Waals surface area contributed by atoms with Gasteiger partial charge in [-0.05, 0) is 55.6 Å². The van der Waals surface area contributed by atoms with Crippen molar-refractivity contribution in [3.8, 4) is 0 Å². The fraction of sp³-hybridized carbons (Fsp3) is 0.462. The van der Waals surface area contributed by atoms with Gasteiger partial charge in [-0.1, -0.05) is 47.5 Å². The van der Waals surface area contributed by atoms with Crippen LogP contribution < -0.4 is 0 Å². The Bertz CT molecular complexity index is 1000. The van der Waals surface area contributed by atoms with Gasteiger partial charge in [0, 0.05) is 44.2 Å². The minimum absolute atomic E-state index is 0. The molecule has 6 nitrogen and oxygen atoms in total. The lowest BCUT2D eigenvalue weighted by atomic mass is 9.94. The summed E-state index contributed by atoms with van der Waals surface area (Å²) in [5.41, 5.74) is 1.76. The number of carbonyl (C=O) groups excluding carboxylic acids is 2. The summed E-state index contributed by atoms with van der Waals surface area (Å²) in [7, 11) is 1.85. The summed E-state index contributed by atoms with van der Waals surface area (Å²) < 4.78 is 5.10. The topological polar surface area (TPSA) is 53.1 Å². The van der Waals surface area contributed by atoms with Crippen molar-refractivity contribution in [3.05, 3.63) is 69.7 Å². The van der Waals surface area contributed by atoms with Gasteiger partial charge in [0.2, 0.25) is 0 Å². The summed E-state index contributed by atoms with van der Waals surface area (Å²) >= 11 is 12.5. The van der Waals surface area contributed by atoms with Crippen molar-refractivity contribution in [2.75, 3.05) is 46.4 Å². The molecule has 9 heteroatoms. The van der Waals surface area contributed by atoms with Gasteiger partial charge in [-0.25, -0.2) is 4.79 Å². The van der Waals surface area contributed by atoms with Crippen molar-refractivity contribution in [1.82, 2.24) is 14.7 Å². The molecule has 2 aromatic rings. The molecule has 2 aliphatic rings. The number of amides is 2. The molecule has 35 heavy (non-hydrogen) atoms. The smallest absolute Gasteiger partial charge is 0.410 e. The van der Waals surface area contributed by atoms with Gasteiger partial charge in [0.05, 0.1) is 16.6 Å². The summed E-state index contributed by atoms with van der Waals surface area (Å²) in [4.78, 5) is 30.9. The molecule has 0 aromatic heterocycles. The maximum Gasteiger partial charge on any atom is 0.410 e. The first-order chi connectivity index (χ1) is 16.4. The van der Waals surface area contributed by atoms with Gasteiger partial charge in [-0.2, -0.15) is 0 Å². The maximum absolute atomic E-state index is 13.0. The third-order valence-corrected chi connectivity index (χ3v) is 7.60. The highest BCUT2D eigenvalue weighted by Gasteiger charge is 2.32. The third kappa shape index (κ3) is 7.04. The molecule has 2 fully saturated rings. The SMILES string of the molecule is CN(CC(CCN1CCC(N2CCOC2=O)CC1)c1ccc(Cl)c(Cl)c1)C(=O)c1ccccc1.Cl. The van der Waals surface area contributed by atoms with Crippen molar-refractivity contribution < 1.29 is 14.3 Å². The molecule has 4 rings (SSSR count). The molecule has 2 heterocycles. The molecule has 0 radical (unpaired) electrons. The van der Waals surface area contributed by atoms with Gasteiger partial charge in [0.25, 0.3) is 5.91 Å². The average molecular weight is 541 g/mol. The summed E-state index contributed by atoms with van der Waals surface area (Å²) in [6, 6.07) is 15.4. The Morgan fingerprint density at radius 1 is 1.09 bits per heavy atom. The number of halogens is 3. The normalized spacial score (nSPS) is 17.6. The Hall–Kier alpha value is -1.99. The minimum Gasteiger partial charge on any atom is -0.448 e. The van der Waals surface area contributed by atoms with E-state index in [0.29, 0.717) is 35.3 Å². The zero-order valence-corrected chi connectivity index (χ0v) is 22.2. The predicted octanol–water partition coefficient (Wildman–Crippen LogP) is 5.58. The Kier molecular flexibility index (Phi) is 10.1. The Morgan fingerprint density at radius 3 is 2.43 bits per heavy atom. The Labute approximate surface area is 223 Å². The molecule has 0 aliphatic carbocycles. The lowest BCUT2D eigenvalue weighted by Crippen LogP contribution is -2.45. The number of likely N-dealkylation sites (tertiary alicyclic amines) is 1. The number of benzene rings is 2. The van der Waals surface area contributed by atoms with Crippen LogP contribution >= 0.6 is 35.6 Å². The number of ether oxygens (including phenoxy) is 1. The highest BCUT2D eigenvalue weighted by atomic mass is 35.5. The van der Waals surface area contributed by atoms with Crippen molar-refractivity contribution in [2.45, 2.75) is 31.2 Å². The number of hydrogen-bond donors (Lipinski definition) is 0. The van der Waals surface area contributed by atoms with Crippen LogP contribution in [0.5, 0.6) is 0 Å². The molecular formula is C26H32Cl3N3O3. The second-order valence-corrected chi connectivity index (χ2v) is 9.91. The predicted molar refractivity (Wildman–Crippen MR) is 142 cm³/mol. The first kappa shape index (κ1) is 27.6. The van der Waals surface area contributed by atoms with Gasteiger partial charge in [-0.3, -0.25) is 4.79 Å². The van der Waals surface area contributed by atoms with E-state index in [4.69, 9.17) is 27.9 Å². The summed E-state index contributed by atoms with van der Waals surface area (Å²) in [6.45, 7) is 4.59. The number of piperidine rings is 1. The Balaban J connectivity index is 0.00000342. The largest absolute Gasteiger partial charge is 0.448 e. The molecule has 1 atom stereocenters. The first-order valence-corrected chi connectivity index (χ1v) is 12.6. The first-order valence-electron chi connectivity index (χ1n) is 11.8. The molecule has 2 aromatic carbocycles. The maximum atomic E-state index is 13.0. The molecule has 2 saturated heterocycles. The standard InChI is InChI=1S/C26H31Cl2N3O3.ClH/c1-29(25(32)19-5-3-2-4-6-19)18-21(20-7-8-23(27)24(28)17-20)9-12-30-13-10-22(11-14-30)31-15-16-34-26(31)33;/h2-8,17,21-22H,9-16,18H2,1H3;1H. The fourth-order valence-corrected chi connectivity index (χ4v) is 5.18. The molecule has 0 saturated carbocycles. The summed E-state index contributed by atoms with van der Waals surface area (Å²) in [5.74, 6) is 0.127. The van der Waals surface area contributed by atoms with Crippen LogP contribution in [0.2, 0.25) is 10.0 Å². The van der Waals surface area contributed by atoms with Crippen LogP contribution in [0.4, 0.5) is 4.79 Å². The van der Waals surface area contributed by atoms with Gasteiger partial charge >= 0.3 is 6.09 Å². The fourth-order valence-electron chi connectivity index (χ4n) is 4.87. The molecular weight excluding hydrogens is 509 g/mol. The van der Waals surface area contributed by atoms with Gasteiger partial charge in [0.1, 0.15) is 6.61 Å². The van der Waals surface area contributed by atoms with Crippen molar-refractivity contribution in [2.24, 2.45) is 0 Å². The van der Waals surface area contributed by atoms with Crippen LogP contribution in [0.25, 0.3) is 0 Å². The van der Waals surface area contributed by atoms with Gasteiger partial charge in [-0.15, -0.1) is 12.4 Å². The number of rotatable bonds is 8. The Morgan fingerprint density at radius 2 is 1.80 bits per heavy atom.